The third-order valence-electron chi connectivity index (χ3n) is 3.62. The summed E-state index contributed by atoms with van der Waals surface area (Å²) in [6, 6.07) is 17.2. The highest BCUT2D eigenvalue weighted by atomic mass is 35.5. The first-order valence-electron chi connectivity index (χ1n) is 7.82. The molecule has 0 aliphatic rings. The lowest BCUT2D eigenvalue weighted by Crippen LogP contribution is -2.14. The van der Waals surface area contributed by atoms with Gasteiger partial charge in [0.2, 0.25) is 0 Å². The van der Waals surface area contributed by atoms with Crippen LogP contribution in [0.5, 0.6) is 5.75 Å². The highest BCUT2D eigenvalue weighted by Crippen LogP contribution is 2.43. The number of halogens is 3. The molecule has 0 bridgehead atoms. The number of nitrogens with one attached hydrogen (secondary N) is 1. The molecule has 3 aromatic rings. The highest BCUT2D eigenvalue weighted by molar-refractivity contribution is 7.92. The molecule has 0 unspecified atom stereocenters. The summed E-state index contributed by atoms with van der Waals surface area (Å²) in [7, 11) is -3.91. The molecule has 0 amide bonds. The zero-order valence-corrected chi connectivity index (χ0v) is 17.1. The number of esters is 1. The number of ether oxygens (including phenoxy) is 1. The summed E-state index contributed by atoms with van der Waals surface area (Å²) in [6.45, 7) is 0. The van der Waals surface area contributed by atoms with Gasteiger partial charge in [0.25, 0.3) is 10.0 Å². The van der Waals surface area contributed by atoms with Crippen LogP contribution in [0.1, 0.15) is 10.4 Å². The minimum atomic E-state index is -3.91. The molecular weight excluding hydrogens is 445 g/mol. The van der Waals surface area contributed by atoms with Crippen LogP contribution < -0.4 is 9.46 Å². The molecule has 0 heterocycles. The highest BCUT2D eigenvalue weighted by Gasteiger charge is 2.22. The van der Waals surface area contributed by atoms with Crippen molar-refractivity contribution < 1.29 is 17.9 Å². The van der Waals surface area contributed by atoms with Crippen LogP contribution >= 0.6 is 34.8 Å². The molecular formula is C19H12Cl3NO4S. The Balaban J connectivity index is 1.92. The van der Waals surface area contributed by atoms with E-state index in [1.54, 1.807) is 48.5 Å². The van der Waals surface area contributed by atoms with Crippen molar-refractivity contribution in [1.29, 1.82) is 0 Å². The summed E-state index contributed by atoms with van der Waals surface area (Å²) < 4.78 is 32.5. The summed E-state index contributed by atoms with van der Waals surface area (Å²) >= 11 is 18.5. The number of benzene rings is 3. The van der Waals surface area contributed by atoms with E-state index in [1.807, 2.05) is 0 Å². The van der Waals surface area contributed by atoms with Gasteiger partial charge in [0.1, 0.15) is 5.02 Å². The molecule has 0 radical (unpaired) electrons. The molecule has 0 saturated carbocycles. The van der Waals surface area contributed by atoms with Gasteiger partial charge in [-0.3, -0.25) is 4.72 Å². The first kappa shape index (κ1) is 20.5. The summed E-state index contributed by atoms with van der Waals surface area (Å²) in [5.74, 6) is -0.845. The minimum absolute atomic E-state index is 0.0397. The first-order valence-corrected chi connectivity index (χ1v) is 10.4. The average molecular weight is 457 g/mol. The fourth-order valence-corrected chi connectivity index (χ4v) is 4.14. The zero-order chi connectivity index (χ0) is 20.3. The minimum Gasteiger partial charge on any atom is -0.420 e. The molecule has 9 heteroatoms. The second kappa shape index (κ2) is 8.41. The predicted octanol–water partition coefficient (Wildman–Crippen LogP) is 5.67. The van der Waals surface area contributed by atoms with Gasteiger partial charge in [-0.05, 0) is 30.3 Å². The van der Waals surface area contributed by atoms with E-state index in [2.05, 4.69) is 4.72 Å². The van der Waals surface area contributed by atoms with E-state index >= 15 is 0 Å². The second-order valence-electron chi connectivity index (χ2n) is 5.54. The van der Waals surface area contributed by atoms with Crippen LogP contribution in [0.2, 0.25) is 15.1 Å². The van der Waals surface area contributed by atoms with Gasteiger partial charge in [0, 0.05) is 0 Å². The van der Waals surface area contributed by atoms with Crippen molar-refractivity contribution in [2.45, 2.75) is 4.90 Å². The van der Waals surface area contributed by atoms with Crippen LogP contribution in [0.3, 0.4) is 0 Å². The smallest absolute Gasteiger partial charge is 0.343 e. The Morgan fingerprint density at radius 3 is 2.04 bits per heavy atom. The molecule has 1 N–H and O–H groups in total. The summed E-state index contributed by atoms with van der Waals surface area (Å²) in [5.41, 5.74) is 0.250. The lowest BCUT2D eigenvalue weighted by atomic mass is 10.2. The van der Waals surface area contributed by atoms with E-state index in [4.69, 9.17) is 39.5 Å². The molecule has 28 heavy (non-hydrogen) atoms. The number of carbonyl (C=O) groups is 1. The Morgan fingerprint density at radius 1 is 0.857 bits per heavy atom. The van der Waals surface area contributed by atoms with Crippen molar-refractivity contribution >= 4 is 56.5 Å². The Kier molecular flexibility index (Phi) is 6.15. The number of carbonyl (C=O) groups excluding carboxylic acids is 1. The monoisotopic (exact) mass is 455 g/mol. The van der Waals surface area contributed by atoms with Gasteiger partial charge in [0.05, 0.1) is 26.2 Å². The maximum absolute atomic E-state index is 12.5. The van der Waals surface area contributed by atoms with Crippen LogP contribution in [-0.2, 0) is 10.0 Å². The molecule has 0 fully saturated rings. The Hall–Kier alpha value is -2.25. The van der Waals surface area contributed by atoms with Crippen LogP contribution in [0.4, 0.5) is 5.69 Å². The molecule has 0 atom stereocenters. The lowest BCUT2D eigenvalue weighted by molar-refractivity contribution is 0.0735. The van der Waals surface area contributed by atoms with Gasteiger partial charge in [-0.15, -0.1) is 0 Å². The molecule has 0 spiro atoms. The number of anilines is 1. The predicted molar refractivity (Wildman–Crippen MR) is 110 cm³/mol. The van der Waals surface area contributed by atoms with Crippen LogP contribution in [0.25, 0.3) is 0 Å². The quantitative estimate of drug-likeness (QED) is 0.305. The van der Waals surface area contributed by atoms with Gasteiger partial charge in [-0.1, -0.05) is 71.2 Å². The van der Waals surface area contributed by atoms with Crippen molar-refractivity contribution in [1.82, 2.24) is 0 Å². The van der Waals surface area contributed by atoms with Gasteiger partial charge < -0.3 is 4.74 Å². The molecule has 0 aromatic heterocycles. The van der Waals surface area contributed by atoms with Crippen LogP contribution in [0.15, 0.2) is 71.6 Å². The van der Waals surface area contributed by atoms with E-state index in [-0.39, 0.29) is 31.4 Å². The average Bonchev–Trinajstić information content (AvgIpc) is 2.70. The largest absolute Gasteiger partial charge is 0.420 e. The summed E-state index contributed by atoms with van der Waals surface area (Å²) in [4.78, 5) is 12.3. The molecule has 5 nitrogen and oxygen atoms in total. The number of hydrogen-bond donors (Lipinski definition) is 1. The summed E-state index contributed by atoms with van der Waals surface area (Å²) in [6.07, 6.45) is 0. The standard InChI is InChI=1S/C19H12Cl3NO4S/c20-14-11-15(23-28(25,26)13-9-5-2-6-10-13)16(21)17(22)18(14)27-19(24)12-7-3-1-4-8-12/h1-11,23H. The van der Waals surface area contributed by atoms with E-state index in [0.29, 0.717) is 5.56 Å². The van der Waals surface area contributed by atoms with Gasteiger partial charge in [0.15, 0.2) is 5.75 Å². The fourth-order valence-electron chi connectivity index (χ4n) is 2.28. The van der Waals surface area contributed by atoms with Crippen molar-refractivity contribution in [3.63, 3.8) is 0 Å². The van der Waals surface area contributed by atoms with Gasteiger partial charge in [-0.2, -0.15) is 0 Å². The molecule has 3 rings (SSSR count). The second-order valence-corrected chi connectivity index (χ2v) is 8.38. The number of rotatable bonds is 5. The normalized spacial score (nSPS) is 11.1. The molecule has 3 aromatic carbocycles. The maximum atomic E-state index is 12.5. The van der Waals surface area contributed by atoms with Gasteiger partial charge in [-0.25, -0.2) is 13.2 Å². The van der Waals surface area contributed by atoms with Crippen molar-refractivity contribution in [2.24, 2.45) is 0 Å². The number of sulfonamides is 1. The van der Waals surface area contributed by atoms with Crippen molar-refractivity contribution in [2.75, 3.05) is 4.72 Å². The van der Waals surface area contributed by atoms with Crippen molar-refractivity contribution in [3.8, 4) is 5.75 Å². The molecule has 0 aliphatic carbocycles. The van der Waals surface area contributed by atoms with E-state index in [9.17, 15) is 13.2 Å². The van der Waals surface area contributed by atoms with Crippen LogP contribution in [-0.4, -0.2) is 14.4 Å². The van der Waals surface area contributed by atoms with Crippen LogP contribution in [0, 0.1) is 0 Å². The Labute approximate surface area is 176 Å². The van der Waals surface area contributed by atoms with E-state index < -0.39 is 16.0 Å². The Morgan fingerprint density at radius 2 is 1.43 bits per heavy atom. The zero-order valence-electron chi connectivity index (χ0n) is 14.0. The third kappa shape index (κ3) is 4.42. The lowest BCUT2D eigenvalue weighted by Gasteiger charge is -2.14. The van der Waals surface area contributed by atoms with Crippen molar-refractivity contribution in [3.05, 3.63) is 87.4 Å². The molecule has 144 valence electrons. The Bertz CT molecular complexity index is 1120. The summed E-state index contributed by atoms with van der Waals surface area (Å²) in [5, 5.41) is -0.421. The maximum Gasteiger partial charge on any atom is 0.343 e. The first-order chi connectivity index (χ1) is 13.3. The topological polar surface area (TPSA) is 72.5 Å². The van der Waals surface area contributed by atoms with E-state index in [0.717, 1.165) is 0 Å². The van der Waals surface area contributed by atoms with E-state index in [1.165, 1.54) is 18.2 Å². The fraction of sp³-hybridized carbons (Fsp3) is 0. The molecule has 0 aliphatic heterocycles. The third-order valence-corrected chi connectivity index (χ3v) is 6.13. The number of hydrogen-bond acceptors (Lipinski definition) is 4. The molecule has 0 saturated heterocycles. The SMILES string of the molecule is O=C(Oc1c(Cl)cc(NS(=O)(=O)c2ccccc2)c(Cl)c1Cl)c1ccccc1. The van der Waals surface area contributed by atoms with Gasteiger partial charge >= 0.3 is 5.97 Å².